The predicted octanol–water partition coefficient (Wildman–Crippen LogP) is 3.28. The van der Waals surface area contributed by atoms with Gasteiger partial charge in [0.25, 0.3) is 5.56 Å². The molecule has 0 amide bonds. The van der Waals surface area contributed by atoms with Gasteiger partial charge in [0.15, 0.2) is 0 Å². The Morgan fingerprint density at radius 1 is 1.23 bits per heavy atom. The van der Waals surface area contributed by atoms with Gasteiger partial charge in [-0.3, -0.25) is 9.36 Å². The minimum atomic E-state index is -4.51. The van der Waals surface area contributed by atoms with E-state index in [-0.39, 0.29) is 23.5 Å². The molecule has 0 atom stereocenters. The number of nitrogens with zero attached hydrogens (tertiary/aromatic N) is 2. The van der Waals surface area contributed by atoms with Crippen molar-refractivity contribution in [3.63, 3.8) is 0 Å². The molecule has 1 aromatic heterocycles. The van der Waals surface area contributed by atoms with Gasteiger partial charge in [-0.15, -0.1) is 0 Å². The van der Waals surface area contributed by atoms with E-state index in [0.717, 1.165) is 11.8 Å². The maximum absolute atomic E-state index is 12.6. The lowest BCUT2D eigenvalue weighted by molar-refractivity contribution is -0.141. The second-order valence-corrected chi connectivity index (χ2v) is 5.01. The zero-order chi connectivity index (χ0) is 16.2. The first-order valence-electron chi connectivity index (χ1n) is 6.29. The number of alkyl halides is 4. The summed E-state index contributed by atoms with van der Waals surface area (Å²) in [7, 11) is 0. The van der Waals surface area contributed by atoms with Crippen LogP contribution in [-0.4, -0.2) is 15.7 Å². The number of benzene rings is 1. The minimum Gasteiger partial charge on any atom is -0.482 e. The summed E-state index contributed by atoms with van der Waals surface area (Å²) in [5.41, 5.74) is -0.0495. The van der Waals surface area contributed by atoms with Gasteiger partial charge in [0, 0.05) is 0 Å². The Morgan fingerprint density at radius 3 is 2.50 bits per heavy atom. The normalized spacial score (nSPS) is 11.5. The molecule has 0 radical (unpaired) electrons. The summed E-state index contributed by atoms with van der Waals surface area (Å²) in [6.45, 7) is -1.32. The van der Waals surface area contributed by atoms with Crippen LogP contribution >= 0.6 is 15.9 Å². The fourth-order valence-corrected chi connectivity index (χ4v) is 2.24. The summed E-state index contributed by atoms with van der Waals surface area (Å²) in [4.78, 5) is 16.0. The molecule has 1 aromatic carbocycles. The second-order valence-electron chi connectivity index (χ2n) is 4.45. The van der Waals surface area contributed by atoms with Crippen molar-refractivity contribution < 1.29 is 17.9 Å². The fourth-order valence-electron chi connectivity index (χ4n) is 1.79. The molecule has 1 heterocycles. The van der Waals surface area contributed by atoms with E-state index < -0.39 is 18.3 Å². The predicted molar refractivity (Wildman–Crippen MR) is 78.0 cm³/mol. The summed E-state index contributed by atoms with van der Waals surface area (Å²) in [5.74, 6) is -0.216. The summed E-state index contributed by atoms with van der Waals surface area (Å²) >= 11 is 3.02. The van der Waals surface area contributed by atoms with Crippen molar-refractivity contribution in [1.29, 1.82) is 0 Å². The molecule has 0 aliphatic rings. The molecule has 2 aromatic rings. The summed E-state index contributed by atoms with van der Waals surface area (Å²) in [5, 5.41) is 0.0390. The Bertz CT molecular complexity index is 687. The molecule has 0 fully saturated rings. The largest absolute Gasteiger partial charge is 0.482 e. The lowest BCUT2D eigenvalue weighted by Crippen LogP contribution is -2.31. The molecule has 0 spiro atoms. The second kappa shape index (κ2) is 6.95. The smallest absolute Gasteiger partial charge is 0.406 e. The molecule has 22 heavy (non-hydrogen) atoms. The number of hydrogen-bond acceptors (Lipinski definition) is 3. The van der Waals surface area contributed by atoms with Gasteiger partial charge in [-0.25, -0.2) is 4.98 Å². The summed E-state index contributed by atoms with van der Waals surface area (Å²) in [6, 6.07) is 8.99. The number of rotatable bonds is 5. The highest BCUT2D eigenvalue weighted by atomic mass is 79.9. The Morgan fingerprint density at radius 2 is 1.91 bits per heavy atom. The summed E-state index contributed by atoms with van der Waals surface area (Å²) in [6.07, 6.45) is -3.37. The molecule has 118 valence electrons. The lowest BCUT2D eigenvalue weighted by atomic mass is 10.2. The third-order valence-corrected chi connectivity index (χ3v) is 3.29. The molecule has 0 aliphatic carbocycles. The Labute approximate surface area is 132 Å². The van der Waals surface area contributed by atoms with Gasteiger partial charge in [-0.05, 0) is 5.56 Å². The summed E-state index contributed by atoms with van der Waals surface area (Å²) < 4.78 is 43.6. The van der Waals surface area contributed by atoms with E-state index in [1.165, 1.54) is 0 Å². The van der Waals surface area contributed by atoms with Crippen molar-refractivity contribution in [3.05, 3.63) is 58.3 Å². The van der Waals surface area contributed by atoms with Crippen molar-refractivity contribution in [1.82, 2.24) is 9.55 Å². The van der Waals surface area contributed by atoms with Crippen LogP contribution in [-0.2, 0) is 18.5 Å². The third kappa shape index (κ3) is 4.33. The molecular weight excluding hydrogens is 365 g/mol. The highest BCUT2D eigenvalue weighted by Gasteiger charge is 2.30. The van der Waals surface area contributed by atoms with Crippen LogP contribution in [0.25, 0.3) is 0 Å². The molecule has 8 heteroatoms. The Kier molecular flexibility index (Phi) is 5.23. The Hall–Kier alpha value is -1.83. The van der Waals surface area contributed by atoms with Crippen LogP contribution in [0.4, 0.5) is 13.2 Å². The van der Waals surface area contributed by atoms with Gasteiger partial charge >= 0.3 is 6.18 Å². The van der Waals surface area contributed by atoms with Gasteiger partial charge in [0.05, 0.1) is 11.5 Å². The third-order valence-electron chi connectivity index (χ3n) is 2.79. The highest BCUT2D eigenvalue weighted by molar-refractivity contribution is 9.08. The van der Waals surface area contributed by atoms with Crippen LogP contribution in [0.1, 0.15) is 11.4 Å². The maximum atomic E-state index is 12.6. The first-order chi connectivity index (χ1) is 10.4. The monoisotopic (exact) mass is 376 g/mol. The number of ether oxygens (including phenoxy) is 1. The lowest BCUT2D eigenvalue weighted by Gasteiger charge is -2.14. The van der Waals surface area contributed by atoms with Crippen LogP contribution < -0.4 is 10.3 Å². The molecule has 0 N–H and O–H groups in total. The van der Waals surface area contributed by atoms with Gasteiger partial charge < -0.3 is 4.74 Å². The highest BCUT2D eigenvalue weighted by Crippen LogP contribution is 2.18. The SMILES string of the molecule is O=c1c(OCc2ccccc2)cnc(CBr)n1CC(F)(F)F. The van der Waals surface area contributed by atoms with Gasteiger partial charge in [0.2, 0.25) is 5.75 Å². The van der Waals surface area contributed by atoms with Crippen molar-refractivity contribution in [2.24, 2.45) is 0 Å². The first kappa shape index (κ1) is 16.5. The molecular formula is C14H12BrF3N2O2. The van der Waals surface area contributed by atoms with Gasteiger partial charge in [-0.1, -0.05) is 46.3 Å². The minimum absolute atomic E-state index is 0.00520. The van der Waals surface area contributed by atoms with Gasteiger partial charge in [-0.2, -0.15) is 13.2 Å². The molecule has 0 aliphatic heterocycles. The van der Waals surface area contributed by atoms with Crippen molar-refractivity contribution >= 4 is 15.9 Å². The van der Waals surface area contributed by atoms with E-state index in [1.807, 2.05) is 6.07 Å². The number of halogens is 4. The van der Waals surface area contributed by atoms with Crippen LogP contribution in [0.5, 0.6) is 5.75 Å². The average molecular weight is 377 g/mol. The van der Waals surface area contributed by atoms with Crippen LogP contribution in [0, 0.1) is 0 Å². The molecule has 0 bridgehead atoms. The topological polar surface area (TPSA) is 44.1 Å². The van der Waals surface area contributed by atoms with Crippen LogP contribution in [0.2, 0.25) is 0 Å². The molecule has 0 saturated heterocycles. The van der Waals surface area contributed by atoms with E-state index in [1.54, 1.807) is 24.3 Å². The molecule has 0 unspecified atom stereocenters. The van der Waals surface area contributed by atoms with Gasteiger partial charge in [0.1, 0.15) is 19.0 Å². The van der Waals surface area contributed by atoms with Crippen LogP contribution in [0.15, 0.2) is 41.3 Å². The maximum Gasteiger partial charge on any atom is 0.406 e. The van der Waals surface area contributed by atoms with E-state index in [4.69, 9.17) is 4.74 Å². The van der Waals surface area contributed by atoms with E-state index in [0.29, 0.717) is 4.57 Å². The number of aromatic nitrogens is 2. The fraction of sp³-hybridized carbons (Fsp3) is 0.286. The average Bonchev–Trinajstić information content (AvgIpc) is 2.48. The quantitative estimate of drug-likeness (QED) is 0.752. The zero-order valence-electron chi connectivity index (χ0n) is 11.3. The molecule has 0 saturated carbocycles. The van der Waals surface area contributed by atoms with Crippen molar-refractivity contribution in [3.8, 4) is 5.75 Å². The molecule has 2 rings (SSSR count). The van der Waals surface area contributed by atoms with E-state index in [9.17, 15) is 18.0 Å². The number of hydrogen-bond donors (Lipinski definition) is 0. The Balaban J connectivity index is 2.26. The van der Waals surface area contributed by atoms with E-state index >= 15 is 0 Å². The standard InChI is InChI=1S/C14H12BrF3N2O2/c15-6-12-19-7-11(13(21)20(12)9-14(16,17)18)22-8-10-4-2-1-3-5-10/h1-5,7H,6,8-9H2. The van der Waals surface area contributed by atoms with Crippen molar-refractivity contribution in [2.75, 3.05) is 0 Å². The molecule has 4 nitrogen and oxygen atoms in total. The van der Waals surface area contributed by atoms with E-state index in [2.05, 4.69) is 20.9 Å². The van der Waals surface area contributed by atoms with Crippen molar-refractivity contribution in [2.45, 2.75) is 24.7 Å². The first-order valence-corrected chi connectivity index (χ1v) is 7.41. The zero-order valence-corrected chi connectivity index (χ0v) is 12.9. The van der Waals surface area contributed by atoms with Crippen LogP contribution in [0.3, 0.4) is 0 Å².